The smallest absolute Gasteiger partial charge is 0.354 e. The number of pyridine rings is 1. The van der Waals surface area contributed by atoms with Gasteiger partial charge in [0, 0.05) is 18.5 Å². The highest BCUT2D eigenvalue weighted by molar-refractivity contribution is 5.97. The lowest BCUT2D eigenvalue weighted by molar-refractivity contribution is 0.0495. The molecule has 2 N–H and O–H groups in total. The van der Waals surface area contributed by atoms with Crippen LogP contribution in [-0.4, -0.2) is 47.4 Å². The predicted octanol–water partition coefficient (Wildman–Crippen LogP) is 1.59. The number of nitrogens with one attached hydrogen (secondary N) is 1. The molecule has 0 radical (unpaired) electrons. The van der Waals surface area contributed by atoms with Crippen molar-refractivity contribution in [2.45, 2.75) is 0 Å². The van der Waals surface area contributed by atoms with Crippen LogP contribution in [0.25, 0.3) is 10.8 Å². The van der Waals surface area contributed by atoms with Gasteiger partial charge in [0.1, 0.15) is 5.82 Å². The highest BCUT2D eigenvalue weighted by Gasteiger charge is 2.15. The molecule has 1 aliphatic heterocycles. The van der Waals surface area contributed by atoms with Crippen LogP contribution in [0.3, 0.4) is 0 Å². The van der Waals surface area contributed by atoms with Crippen molar-refractivity contribution < 1.29 is 14.6 Å². The number of anilines is 1. The standard InChI is InChI=1S/C14H15N3O3/c18-14(19)12-9-10-3-1-2-4-11(10)13(15-12)16-17-5-7-20-8-6-17/h1-4,9H,5-8H2,(H,15,16)(H,18,19). The molecular formula is C14H15N3O3. The predicted molar refractivity (Wildman–Crippen MR) is 74.7 cm³/mol. The van der Waals surface area contributed by atoms with Crippen LogP contribution in [0.4, 0.5) is 5.82 Å². The molecule has 20 heavy (non-hydrogen) atoms. The molecule has 0 unspecified atom stereocenters. The van der Waals surface area contributed by atoms with Gasteiger partial charge in [0.2, 0.25) is 0 Å². The molecule has 1 fully saturated rings. The number of aromatic carboxylic acids is 1. The molecule has 2 heterocycles. The Kier molecular flexibility index (Phi) is 3.49. The van der Waals surface area contributed by atoms with E-state index in [-0.39, 0.29) is 5.69 Å². The van der Waals surface area contributed by atoms with Crippen molar-refractivity contribution in [2.24, 2.45) is 0 Å². The summed E-state index contributed by atoms with van der Waals surface area (Å²) in [5.41, 5.74) is 3.24. The lowest BCUT2D eigenvalue weighted by Gasteiger charge is -2.28. The van der Waals surface area contributed by atoms with Gasteiger partial charge in [-0.25, -0.2) is 14.8 Å². The van der Waals surface area contributed by atoms with E-state index in [9.17, 15) is 4.79 Å². The number of hydrogen-bond donors (Lipinski definition) is 2. The fourth-order valence-electron chi connectivity index (χ4n) is 2.22. The van der Waals surface area contributed by atoms with Crippen LogP contribution in [0.15, 0.2) is 30.3 Å². The van der Waals surface area contributed by atoms with Crippen LogP contribution in [0.1, 0.15) is 10.5 Å². The molecule has 0 aliphatic carbocycles. The van der Waals surface area contributed by atoms with Gasteiger partial charge in [-0.3, -0.25) is 0 Å². The summed E-state index contributed by atoms with van der Waals surface area (Å²) in [4.78, 5) is 15.4. The minimum absolute atomic E-state index is 0.0412. The number of benzene rings is 1. The maximum Gasteiger partial charge on any atom is 0.354 e. The number of hydrazine groups is 1. The first kappa shape index (κ1) is 12.8. The molecule has 2 aromatic rings. The van der Waals surface area contributed by atoms with Gasteiger partial charge in [0.05, 0.1) is 13.2 Å². The Morgan fingerprint density at radius 1 is 1.30 bits per heavy atom. The molecule has 1 aromatic heterocycles. The number of aromatic nitrogens is 1. The van der Waals surface area contributed by atoms with E-state index in [1.807, 2.05) is 29.3 Å². The average molecular weight is 273 g/mol. The van der Waals surface area contributed by atoms with Gasteiger partial charge in [-0.2, -0.15) is 0 Å². The number of nitrogens with zero attached hydrogens (tertiary/aromatic N) is 2. The van der Waals surface area contributed by atoms with Crippen molar-refractivity contribution in [3.63, 3.8) is 0 Å². The highest BCUT2D eigenvalue weighted by atomic mass is 16.5. The van der Waals surface area contributed by atoms with E-state index in [1.165, 1.54) is 0 Å². The van der Waals surface area contributed by atoms with Crippen molar-refractivity contribution in [3.05, 3.63) is 36.0 Å². The Balaban J connectivity index is 2.00. The minimum Gasteiger partial charge on any atom is -0.477 e. The van der Waals surface area contributed by atoms with E-state index in [0.717, 1.165) is 23.9 Å². The van der Waals surface area contributed by atoms with Crippen LogP contribution in [0.2, 0.25) is 0 Å². The Labute approximate surface area is 116 Å². The van der Waals surface area contributed by atoms with Gasteiger partial charge < -0.3 is 15.3 Å². The first-order chi connectivity index (χ1) is 9.74. The molecule has 104 valence electrons. The number of ether oxygens (including phenoxy) is 1. The fraction of sp³-hybridized carbons (Fsp3) is 0.286. The molecule has 1 aliphatic rings. The lowest BCUT2D eigenvalue weighted by Crippen LogP contribution is -2.40. The topological polar surface area (TPSA) is 74.7 Å². The van der Waals surface area contributed by atoms with Gasteiger partial charge in [-0.15, -0.1) is 0 Å². The van der Waals surface area contributed by atoms with Crippen LogP contribution in [0.5, 0.6) is 0 Å². The van der Waals surface area contributed by atoms with Gasteiger partial charge in [-0.1, -0.05) is 24.3 Å². The molecule has 0 saturated carbocycles. The summed E-state index contributed by atoms with van der Waals surface area (Å²) in [6.45, 7) is 2.80. The number of fused-ring (bicyclic) bond motifs is 1. The van der Waals surface area contributed by atoms with Gasteiger partial charge >= 0.3 is 5.97 Å². The molecule has 0 atom stereocenters. The molecule has 1 aromatic carbocycles. The molecule has 6 heteroatoms. The number of carboxylic acid groups (broad SMARTS) is 1. The molecule has 0 amide bonds. The number of morpholine rings is 1. The molecule has 0 spiro atoms. The van der Waals surface area contributed by atoms with Crippen LogP contribution in [0, 0.1) is 0 Å². The van der Waals surface area contributed by atoms with Crippen molar-refractivity contribution in [2.75, 3.05) is 31.7 Å². The summed E-state index contributed by atoms with van der Waals surface area (Å²) < 4.78 is 5.29. The summed E-state index contributed by atoms with van der Waals surface area (Å²) >= 11 is 0. The van der Waals surface area contributed by atoms with Crippen molar-refractivity contribution in [3.8, 4) is 0 Å². The molecule has 6 nitrogen and oxygen atoms in total. The van der Waals surface area contributed by atoms with Crippen LogP contribution in [-0.2, 0) is 4.74 Å². The third kappa shape index (κ3) is 2.56. The van der Waals surface area contributed by atoms with E-state index < -0.39 is 5.97 Å². The van der Waals surface area contributed by atoms with E-state index in [0.29, 0.717) is 19.0 Å². The fourth-order valence-corrected chi connectivity index (χ4v) is 2.22. The highest BCUT2D eigenvalue weighted by Crippen LogP contribution is 2.23. The zero-order valence-electron chi connectivity index (χ0n) is 10.9. The Morgan fingerprint density at radius 3 is 2.80 bits per heavy atom. The number of hydrogen-bond acceptors (Lipinski definition) is 5. The third-order valence-corrected chi connectivity index (χ3v) is 3.23. The van der Waals surface area contributed by atoms with E-state index in [1.54, 1.807) is 6.07 Å². The minimum atomic E-state index is -1.03. The monoisotopic (exact) mass is 273 g/mol. The first-order valence-electron chi connectivity index (χ1n) is 6.46. The third-order valence-electron chi connectivity index (χ3n) is 3.23. The van der Waals surface area contributed by atoms with Gasteiger partial charge in [-0.05, 0) is 11.5 Å². The number of rotatable bonds is 3. The maximum atomic E-state index is 11.2. The summed E-state index contributed by atoms with van der Waals surface area (Å²) in [6.07, 6.45) is 0. The normalized spacial score (nSPS) is 16.2. The Bertz CT molecular complexity index is 639. The number of carbonyl (C=O) groups is 1. The molecule has 0 bridgehead atoms. The second kappa shape index (κ2) is 5.44. The van der Waals surface area contributed by atoms with Gasteiger partial charge in [0.15, 0.2) is 5.69 Å². The first-order valence-corrected chi connectivity index (χ1v) is 6.46. The quantitative estimate of drug-likeness (QED) is 0.884. The van der Waals surface area contributed by atoms with E-state index in [4.69, 9.17) is 9.84 Å². The summed E-state index contributed by atoms with van der Waals surface area (Å²) in [7, 11) is 0. The molecule has 1 saturated heterocycles. The SMILES string of the molecule is O=C(O)c1cc2ccccc2c(NN2CCOCC2)n1. The maximum absolute atomic E-state index is 11.2. The second-order valence-electron chi connectivity index (χ2n) is 4.59. The van der Waals surface area contributed by atoms with Crippen molar-refractivity contribution >= 4 is 22.6 Å². The lowest BCUT2D eigenvalue weighted by atomic mass is 10.1. The Morgan fingerprint density at radius 2 is 2.05 bits per heavy atom. The largest absolute Gasteiger partial charge is 0.477 e. The average Bonchev–Trinajstić information content (AvgIpc) is 2.48. The van der Waals surface area contributed by atoms with Crippen molar-refractivity contribution in [1.82, 2.24) is 9.99 Å². The zero-order chi connectivity index (χ0) is 13.9. The van der Waals surface area contributed by atoms with Gasteiger partial charge in [0.25, 0.3) is 0 Å². The summed E-state index contributed by atoms with van der Waals surface area (Å²) in [5, 5.41) is 12.9. The number of carboxylic acids is 1. The molecule has 3 rings (SSSR count). The van der Waals surface area contributed by atoms with Crippen LogP contribution < -0.4 is 5.43 Å². The van der Waals surface area contributed by atoms with Crippen molar-refractivity contribution in [1.29, 1.82) is 0 Å². The van der Waals surface area contributed by atoms with Crippen LogP contribution >= 0.6 is 0 Å². The molecular weight excluding hydrogens is 258 g/mol. The second-order valence-corrected chi connectivity index (χ2v) is 4.59. The summed E-state index contributed by atoms with van der Waals surface area (Å²) in [5.74, 6) is -0.455. The summed E-state index contributed by atoms with van der Waals surface area (Å²) in [6, 6.07) is 9.19. The zero-order valence-corrected chi connectivity index (χ0v) is 10.9. The van der Waals surface area contributed by atoms with E-state index >= 15 is 0 Å². The van der Waals surface area contributed by atoms with E-state index in [2.05, 4.69) is 10.4 Å². The Hall–Kier alpha value is -2.18.